The Balaban J connectivity index is -0.000000236. The first kappa shape index (κ1) is 25.1. The molecule has 0 radical (unpaired) electrons. The molecule has 0 N–H and O–H groups in total. The van der Waals surface area contributed by atoms with Crippen molar-refractivity contribution in [1.82, 2.24) is 0 Å². The fourth-order valence-electron chi connectivity index (χ4n) is 1.99. The molecule has 2 atom stereocenters. The maximum absolute atomic E-state index is 3.29. The molecule has 2 aliphatic carbocycles. The fourth-order valence-corrected chi connectivity index (χ4v) is 1.99. The van der Waals surface area contributed by atoms with Crippen LogP contribution in [0, 0.1) is 24.0 Å². The number of hydrogen-bond acceptors (Lipinski definition) is 0. The molecule has 0 fully saturated rings. The molecule has 0 aromatic rings. The fraction of sp³-hybridized carbons (Fsp3) is 0.471. The topological polar surface area (TPSA) is 0 Å². The van der Waals surface area contributed by atoms with Crippen molar-refractivity contribution in [3.8, 4) is 0 Å². The molecule has 0 aromatic heterocycles. The second-order valence-corrected chi connectivity index (χ2v) is 4.82. The van der Waals surface area contributed by atoms with E-state index in [0.29, 0.717) is 11.8 Å². The van der Waals surface area contributed by atoms with Gasteiger partial charge in [-0.25, -0.2) is 22.3 Å². The normalized spacial score (nSPS) is 22.4. The van der Waals surface area contributed by atoms with E-state index in [1.807, 2.05) is 0 Å². The SMILES string of the molecule is CC1=[C-]C(C)C=C1C.CC1=[C-]C(C)C=C1C.Cl.Cl.[CH2]=[Ti+2]. The molecule has 0 bridgehead atoms. The first-order valence-electron chi connectivity index (χ1n) is 6.33. The van der Waals surface area contributed by atoms with Crippen LogP contribution in [0.2, 0.25) is 0 Å². The Morgan fingerprint density at radius 1 is 0.800 bits per heavy atom. The van der Waals surface area contributed by atoms with Gasteiger partial charge in [-0.15, -0.1) is 38.7 Å². The molecular formula is C17H26Cl2Ti. The predicted molar refractivity (Wildman–Crippen MR) is 92.3 cm³/mol. The van der Waals surface area contributed by atoms with Crippen LogP contribution < -0.4 is 0 Å². The molecule has 3 heteroatoms. The van der Waals surface area contributed by atoms with E-state index in [-0.39, 0.29) is 24.8 Å². The summed E-state index contributed by atoms with van der Waals surface area (Å²) in [6.07, 6.45) is 11.0. The van der Waals surface area contributed by atoms with Gasteiger partial charge in [-0.1, -0.05) is 39.5 Å². The Labute approximate surface area is 149 Å². The summed E-state index contributed by atoms with van der Waals surface area (Å²) in [5.74, 6) is 1.10. The zero-order chi connectivity index (χ0) is 14.3. The first-order valence-corrected chi connectivity index (χ1v) is 7.43. The summed E-state index contributed by atoms with van der Waals surface area (Å²) in [7, 11) is 0. The van der Waals surface area contributed by atoms with Crippen molar-refractivity contribution in [1.29, 1.82) is 0 Å². The summed E-state index contributed by atoms with van der Waals surface area (Å²) >= 11 is 1.75. The van der Waals surface area contributed by atoms with Crippen LogP contribution in [0.5, 0.6) is 0 Å². The van der Waals surface area contributed by atoms with Gasteiger partial charge in [0.05, 0.1) is 0 Å². The van der Waals surface area contributed by atoms with Crippen molar-refractivity contribution in [3.05, 3.63) is 46.6 Å². The Morgan fingerprint density at radius 3 is 1.10 bits per heavy atom. The van der Waals surface area contributed by atoms with Crippen molar-refractivity contribution in [2.75, 3.05) is 0 Å². The van der Waals surface area contributed by atoms with Gasteiger partial charge < -0.3 is 0 Å². The molecule has 20 heavy (non-hydrogen) atoms. The van der Waals surface area contributed by atoms with Gasteiger partial charge in [0.1, 0.15) is 0 Å². The van der Waals surface area contributed by atoms with Crippen molar-refractivity contribution in [2.45, 2.75) is 41.5 Å². The summed E-state index contributed by atoms with van der Waals surface area (Å²) in [5.41, 5.74) is 5.41. The molecule has 2 aliphatic rings. The van der Waals surface area contributed by atoms with E-state index in [1.165, 1.54) is 22.3 Å². The average molecular weight is 349 g/mol. The number of rotatable bonds is 0. The van der Waals surface area contributed by atoms with Crippen LogP contribution >= 0.6 is 24.8 Å². The molecule has 0 aromatic carbocycles. The summed E-state index contributed by atoms with van der Waals surface area (Å²) in [6, 6.07) is 0. The Hall–Kier alpha value is 0.124. The standard InChI is InChI=1S/2C8H11.CH2.2ClH.Ti/c2*1-6-4-7(2)8(3)5-6;;;;/h2*4,6H,1-3H3;1H2;2*1H;/q2*-1;;;;+2. The van der Waals surface area contributed by atoms with Crippen molar-refractivity contribution >= 4 is 29.6 Å². The van der Waals surface area contributed by atoms with Crippen molar-refractivity contribution in [2.24, 2.45) is 11.8 Å². The zero-order valence-electron chi connectivity index (χ0n) is 13.3. The number of hydrogen-bond donors (Lipinski definition) is 0. The maximum atomic E-state index is 3.29. The van der Waals surface area contributed by atoms with Gasteiger partial charge in [0.25, 0.3) is 0 Å². The van der Waals surface area contributed by atoms with Crippen molar-refractivity contribution < 1.29 is 20.0 Å². The third kappa shape index (κ3) is 9.13. The van der Waals surface area contributed by atoms with Crippen LogP contribution in [0.4, 0.5) is 0 Å². The summed E-state index contributed by atoms with van der Waals surface area (Å²) in [5, 5.41) is 0. The Kier molecular flexibility index (Phi) is 16.1. The molecule has 0 aliphatic heterocycles. The van der Waals surface area contributed by atoms with Gasteiger partial charge >= 0.3 is 24.8 Å². The average Bonchev–Trinajstić information content (AvgIpc) is 2.74. The quantitative estimate of drug-likeness (QED) is 0.402. The van der Waals surface area contributed by atoms with Crippen LogP contribution in [0.25, 0.3) is 0 Å². The van der Waals surface area contributed by atoms with E-state index in [1.54, 1.807) is 20.0 Å². The second kappa shape index (κ2) is 12.8. The number of halogens is 2. The van der Waals surface area contributed by atoms with Gasteiger partial charge in [-0.05, 0) is 0 Å². The molecule has 0 heterocycles. The second-order valence-electron chi connectivity index (χ2n) is 4.82. The van der Waals surface area contributed by atoms with Crippen LogP contribution in [-0.2, 0) is 20.0 Å². The summed E-state index contributed by atoms with van der Waals surface area (Å²) in [6.45, 7) is 12.8. The molecule has 0 nitrogen and oxygen atoms in total. The van der Waals surface area contributed by atoms with Crippen LogP contribution in [0.1, 0.15) is 41.5 Å². The molecule has 112 valence electrons. The van der Waals surface area contributed by atoms with Gasteiger partial charge in [0, 0.05) is 0 Å². The summed E-state index contributed by atoms with van der Waals surface area (Å²) < 4.78 is 0. The predicted octanol–water partition coefficient (Wildman–Crippen LogP) is 5.47. The van der Waals surface area contributed by atoms with Gasteiger partial charge in [-0.2, -0.15) is 12.2 Å². The molecule has 0 amide bonds. The molecule has 0 saturated heterocycles. The monoisotopic (exact) mass is 348 g/mol. The summed E-state index contributed by atoms with van der Waals surface area (Å²) in [4.78, 5) is 3.25. The molecule has 0 spiro atoms. The van der Waals surface area contributed by atoms with Crippen LogP contribution in [0.3, 0.4) is 0 Å². The minimum absolute atomic E-state index is 0. The van der Waals surface area contributed by atoms with Gasteiger partial charge in [-0.3, -0.25) is 12.2 Å². The third-order valence-corrected chi connectivity index (χ3v) is 3.07. The van der Waals surface area contributed by atoms with E-state index in [0.717, 1.165) is 0 Å². The van der Waals surface area contributed by atoms with E-state index in [9.17, 15) is 0 Å². The first-order chi connectivity index (χ1) is 8.40. The van der Waals surface area contributed by atoms with E-state index in [4.69, 9.17) is 0 Å². The molecule has 2 unspecified atom stereocenters. The van der Waals surface area contributed by atoms with E-state index < -0.39 is 0 Å². The van der Waals surface area contributed by atoms with Gasteiger partial charge in [0.15, 0.2) is 0 Å². The molecule has 0 saturated carbocycles. The molecule has 2 rings (SSSR count). The Bertz CT molecular complexity index is 329. The van der Waals surface area contributed by atoms with E-state index in [2.05, 4.69) is 70.7 Å². The number of allylic oxidation sites excluding steroid dienone is 8. The van der Waals surface area contributed by atoms with Gasteiger partial charge in [0.2, 0.25) is 0 Å². The minimum atomic E-state index is 0. The zero-order valence-corrected chi connectivity index (χ0v) is 16.5. The van der Waals surface area contributed by atoms with E-state index >= 15 is 0 Å². The Morgan fingerprint density at radius 2 is 1.05 bits per heavy atom. The molecular weight excluding hydrogens is 323 g/mol. The van der Waals surface area contributed by atoms with Crippen LogP contribution in [-0.4, -0.2) is 4.82 Å². The third-order valence-electron chi connectivity index (χ3n) is 3.07. The van der Waals surface area contributed by atoms with Crippen molar-refractivity contribution in [3.63, 3.8) is 0 Å². The van der Waals surface area contributed by atoms with Crippen LogP contribution in [0.15, 0.2) is 34.4 Å².